The molecule has 1 N–H and O–H groups in total. The van der Waals surface area contributed by atoms with Gasteiger partial charge in [0, 0.05) is 0 Å². The number of aryl methyl sites for hydroxylation is 1. The first-order valence-electron chi connectivity index (χ1n) is 6.13. The van der Waals surface area contributed by atoms with Crippen molar-refractivity contribution in [2.45, 2.75) is 26.3 Å². The van der Waals surface area contributed by atoms with E-state index in [4.69, 9.17) is 11.6 Å². The van der Waals surface area contributed by atoms with E-state index < -0.39 is 5.82 Å². The van der Waals surface area contributed by atoms with Crippen molar-refractivity contribution in [2.75, 3.05) is 5.32 Å². The highest BCUT2D eigenvalue weighted by atomic mass is 35.5. The van der Waals surface area contributed by atoms with Crippen molar-refractivity contribution >= 4 is 17.4 Å². The molecule has 1 heterocycles. The smallest absolute Gasteiger partial charge is 0.224 e. The monoisotopic (exact) mass is 279 g/mol. The topological polar surface area (TPSA) is 37.8 Å². The number of hydrogen-bond donors (Lipinski definition) is 1. The second kappa shape index (κ2) is 5.97. The van der Waals surface area contributed by atoms with Crippen LogP contribution in [0.3, 0.4) is 0 Å². The number of anilines is 1. The van der Waals surface area contributed by atoms with Crippen LogP contribution in [-0.4, -0.2) is 9.97 Å². The molecule has 100 valence electrons. The summed E-state index contributed by atoms with van der Waals surface area (Å²) in [5, 5.41) is 3.02. The standard InChI is InChI=1S/C14H15ClFN3/c1-3-10-4-6-11(7-5-10)9(2)18-13-12(16)8-17-14(15)19-13/h4-9H,3H2,1-2H3,(H,17,18,19). The van der Waals surface area contributed by atoms with E-state index in [9.17, 15) is 4.39 Å². The van der Waals surface area contributed by atoms with Gasteiger partial charge < -0.3 is 5.32 Å². The Morgan fingerprint density at radius 2 is 2.00 bits per heavy atom. The van der Waals surface area contributed by atoms with Crippen LogP contribution in [0.25, 0.3) is 0 Å². The van der Waals surface area contributed by atoms with Gasteiger partial charge in [0.2, 0.25) is 5.28 Å². The highest BCUT2D eigenvalue weighted by Gasteiger charge is 2.11. The molecule has 0 aliphatic rings. The van der Waals surface area contributed by atoms with Crippen LogP contribution in [0.5, 0.6) is 0 Å². The summed E-state index contributed by atoms with van der Waals surface area (Å²) in [5.41, 5.74) is 2.33. The Labute approximate surface area is 116 Å². The third-order valence-electron chi connectivity index (χ3n) is 2.96. The van der Waals surface area contributed by atoms with Crippen LogP contribution < -0.4 is 5.32 Å². The minimum absolute atomic E-state index is 0.0254. The lowest BCUT2D eigenvalue weighted by molar-refractivity contribution is 0.613. The van der Waals surface area contributed by atoms with Gasteiger partial charge in [-0.3, -0.25) is 0 Å². The van der Waals surface area contributed by atoms with Crippen molar-refractivity contribution in [1.82, 2.24) is 9.97 Å². The summed E-state index contributed by atoms with van der Waals surface area (Å²) in [6.45, 7) is 4.05. The number of nitrogens with zero attached hydrogens (tertiary/aromatic N) is 2. The number of rotatable bonds is 4. The Balaban J connectivity index is 2.15. The van der Waals surface area contributed by atoms with Gasteiger partial charge in [-0.1, -0.05) is 31.2 Å². The molecule has 1 unspecified atom stereocenters. The predicted molar refractivity (Wildman–Crippen MR) is 74.9 cm³/mol. The van der Waals surface area contributed by atoms with E-state index in [1.165, 1.54) is 5.56 Å². The van der Waals surface area contributed by atoms with E-state index in [0.717, 1.165) is 18.2 Å². The molecule has 3 nitrogen and oxygen atoms in total. The summed E-state index contributed by atoms with van der Waals surface area (Å²) in [6.07, 6.45) is 2.06. The van der Waals surface area contributed by atoms with Gasteiger partial charge >= 0.3 is 0 Å². The lowest BCUT2D eigenvalue weighted by Crippen LogP contribution is -2.10. The number of halogens is 2. The van der Waals surface area contributed by atoms with E-state index in [1.807, 2.05) is 19.1 Å². The molecule has 0 aliphatic heterocycles. The van der Waals surface area contributed by atoms with Crippen LogP contribution in [0.2, 0.25) is 5.28 Å². The van der Waals surface area contributed by atoms with Gasteiger partial charge in [0.15, 0.2) is 11.6 Å². The fourth-order valence-corrected chi connectivity index (χ4v) is 1.91. The average molecular weight is 280 g/mol. The van der Waals surface area contributed by atoms with Crippen LogP contribution in [0.4, 0.5) is 10.2 Å². The molecule has 0 saturated heterocycles. The van der Waals surface area contributed by atoms with Crippen molar-refractivity contribution in [3.63, 3.8) is 0 Å². The maximum atomic E-state index is 13.5. The van der Waals surface area contributed by atoms with Gasteiger partial charge in [0.25, 0.3) is 0 Å². The zero-order valence-electron chi connectivity index (χ0n) is 10.8. The second-order valence-corrected chi connectivity index (χ2v) is 4.63. The maximum absolute atomic E-state index is 13.5. The minimum atomic E-state index is -0.513. The Hall–Kier alpha value is -1.68. The quantitative estimate of drug-likeness (QED) is 0.860. The first-order valence-corrected chi connectivity index (χ1v) is 6.51. The summed E-state index contributed by atoms with van der Waals surface area (Å²) in [4.78, 5) is 7.42. The van der Waals surface area contributed by atoms with Gasteiger partial charge in [0.1, 0.15) is 0 Å². The molecule has 0 fully saturated rings. The van der Waals surface area contributed by atoms with Gasteiger partial charge in [0.05, 0.1) is 12.2 Å². The molecule has 0 aliphatic carbocycles. The lowest BCUT2D eigenvalue weighted by atomic mass is 10.1. The third kappa shape index (κ3) is 3.41. The molecular formula is C14H15ClFN3. The van der Waals surface area contributed by atoms with Crippen molar-refractivity contribution in [2.24, 2.45) is 0 Å². The number of hydrogen-bond acceptors (Lipinski definition) is 3. The fourth-order valence-electron chi connectivity index (χ4n) is 1.78. The Morgan fingerprint density at radius 3 is 2.63 bits per heavy atom. The van der Waals surface area contributed by atoms with Crippen LogP contribution in [0.1, 0.15) is 31.0 Å². The Bertz CT molecular complexity index is 557. The molecule has 1 atom stereocenters. The molecule has 19 heavy (non-hydrogen) atoms. The van der Waals surface area contributed by atoms with E-state index in [1.54, 1.807) is 0 Å². The zero-order chi connectivity index (χ0) is 13.8. The first kappa shape index (κ1) is 13.7. The van der Waals surface area contributed by atoms with Crippen molar-refractivity contribution in [3.05, 3.63) is 52.7 Å². The largest absolute Gasteiger partial charge is 0.361 e. The highest BCUT2D eigenvalue weighted by Crippen LogP contribution is 2.21. The highest BCUT2D eigenvalue weighted by molar-refractivity contribution is 6.28. The van der Waals surface area contributed by atoms with Crippen LogP contribution in [0.15, 0.2) is 30.5 Å². The summed E-state index contributed by atoms with van der Waals surface area (Å²) >= 11 is 5.66. The van der Waals surface area contributed by atoms with E-state index in [-0.39, 0.29) is 17.1 Å². The molecular weight excluding hydrogens is 265 g/mol. The van der Waals surface area contributed by atoms with Crippen LogP contribution in [-0.2, 0) is 6.42 Å². The molecule has 0 spiro atoms. The maximum Gasteiger partial charge on any atom is 0.224 e. The Kier molecular flexibility index (Phi) is 4.32. The fraction of sp³-hybridized carbons (Fsp3) is 0.286. The van der Waals surface area contributed by atoms with Gasteiger partial charge in [-0.05, 0) is 36.1 Å². The number of aromatic nitrogens is 2. The molecule has 2 rings (SSSR count). The molecule has 0 bridgehead atoms. The summed E-state index contributed by atoms with van der Waals surface area (Å²) in [5.74, 6) is -0.395. The molecule has 2 aromatic rings. The van der Waals surface area contributed by atoms with E-state index in [2.05, 4.69) is 34.3 Å². The molecule has 0 saturated carbocycles. The molecule has 0 radical (unpaired) electrons. The molecule has 5 heteroatoms. The van der Waals surface area contributed by atoms with E-state index in [0.29, 0.717) is 0 Å². The second-order valence-electron chi connectivity index (χ2n) is 4.30. The number of nitrogens with one attached hydrogen (secondary N) is 1. The van der Waals surface area contributed by atoms with Crippen LogP contribution >= 0.6 is 11.6 Å². The van der Waals surface area contributed by atoms with Crippen molar-refractivity contribution < 1.29 is 4.39 Å². The SMILES string of the molecule is CCc1ccc(C(C)Nc2nc(Cl)ncc2F)cc1. The third-order valence-corrected chi connectivity index (χ3v) is 3.14. The van der Waals surface area contributed by atoms with Crippen molar-refractivity contribution in [1.29, 1.82) is 0 Å². The molecule has 1 aromatic heterocycles. The minimum Gasteiger partial charge on any atom is -0.361 e. The Morgan fingerprint density at radius 1 is 1.32 bits per heavy atom. The first-order chi connectivity index (χ1) is 9.10. The van der Waals surface area contributed by atoms with Gasteiger partial charge in [-0.15, -0.1) is 0 Å². The predicted octanol–water partition coefficient (Wildman–Crippen LogP) is 4.00. The van der Waals surface area contributed by atoms with Gasteiger partial charge in [-0.25, -0.2) is 9.37 Å². The lowest BCUT2D eigenvalue weighted by Gasteiger charge is -2.15. The van der Waals surface area contributed by atoms with Crippen molar-refractivity contribution in [3.8, 4) is 0 Å². The van der Waals surface area contributed by atoms with Crippen LogP contribution in [0, 0.1) is 5.82 Å². The van der Waals surface area contributed by atoms with Gasteiger partial charge in [-0.2, -0.15) is 4.98 Å². The zero-order valence-corrected chi connectivity index (χ0v) is 11.6. The average Bonchev–Trinajstić information content (AvgIpc) is 2.43. The van der Waals surface area contributed by atoms with E-state index >= 15 is 0 Å². The summed E-state index contributed by atoms with van der Waals surface area (Å²) in [6, 6.07) is 8.12. The molecule has 0 amide bonds. The normalized spacial score (nSPS) is 12.2. The summed E-state index contributed by atoms with van der Waals surface area (Å²) in [7, 11) is 0. The molecule has 1 aromatic carbocycles. The number of benzene rings is 1. The summed E-state index contributed by atoms with van der Waals surface area (Å²) < 4.78 is 13.5.